The van der Waals surface area contributed by atoms with Gasteiger partial charge in [0.1, 0.15) is 23.9 Å². The van der Waals surface area contributed by atoms with Crippen molar-refractivity contribution in [3.8, 4) is 5.75 Å². The van der Waals surface area contributed by atoms with Gasteiger partial charge in [-0.15, -0.1) is 0 Å². The lowest BCUT2D eigenvalue weighted by atomic mass is 10.0. The fourth-order valence-electron chi connectivity index (χ4n) is 5.87. The van der Waals surface area contributed by atoms with Gasteiger partial charge in [0.25, 0.3) is 5.91 Å². The molecule has 246 valence electrons. The van der Waals surface area contributed by atoms with Crippen LogP contribution in [0.3, 0.4) is 0 Å². The number of carbonyl (C=O) groups is 5. The van der Waals surface area contributed by atoms with Crippen LogP contribution < -0.4 is 26.0 Å². The number of fused-ring (bicyclic) bond motifs is 2. The van der Waals surface area contributed by atoms with E-state index in [-0.39, 0.29) is 37.5 Å². The van der Waals surface area contributed by atoms with Crippen LogP contribution in [0.1, 0.15) is 47.2 Å². The van der Waals surface area contributed by atoms with Crippen LogP contribution in [0.25, 0.3) is 0 Å². The van der Waals surface area contributed by atoms with Crippen LogP contribution in [0.15, 0.2) is 84.9 Å². The Morgan fingerprint density at radius 1 is 0.830 bits per heavy atom. The first kappa shape index (κ1) is 33.2. The second-order valence-electron chi connectivity index (χ2n) is 11.7. The number of nitrogens with one attached hydrogen (secondary N) is 4. The summed E-state index contributed by atoms with van der Waals surface area (Å²) in [5.74, 6) is -1.97. The number of hydrogen-bond donors (Lipinski definition) is 4. The highest BCUT2D eigenvalue weighted by molar-refractivity contribution is 6.01. The molecule has 5 rings (SSSR count). The molecule has 4 N–H and O–H groups in total. The summed E-state index contributed by atoms with van der Waals surface area (Å²) >= 11 is 0. The second-order valence-corrected chi connectivity index (χ2v) is 11.7. The van der Waals surface area contributed by atoms with Crippen molar-refractivity contribution in [1.82, 2.24) is 26.2 Å². The van der Waals surface area contributed by atoms with Crippen LogP contribution in [-0.4, -0.2) is 78.8 Å². The van der Waals surface area contributed by atoms with Gasteiger partial charge in [-0.1, -0.05) is 72.8 Å². The monoisotopic (exact) mass is 639 g/mol. The van der Waals surface area contributed by atoms with Gasteiger partial charge in [0.05, 0.1) is 18.6 Å². The molecule has 3 atom stereocenters. The third-order valence-corrected chi connectivity index (χ3v) is 8.36. The molecule has 1 saturated heterocycles. The maximum absolute atomic E-state index is 13.7. The molecule has 0 bridgehead atoms. The molecule has 1 fully saturated rings. The van der Waals surface area contributed by atoms with Gasteiger partial charge in [-0.2, -0.15) is 0 Å². The van der Waals surface area contributed by atoms with E-state index in [1.807, 2.05) is 60.7 Å². The van der Waals surface area contributed by atoms with Crippen LogP contribution in [0, 0.1) is 0 Å². The standard InChI is InChI=1S/C36H41N5O6/c42-32-24-29(35(45)38-20-18-25-11-3-1-4-12-25)39-33(43)27-15-7-8-17-31(27)47-22-10-19-37-34(44)28(23-26-13-5-2-6-14-26)40-36(46)30-16-9-21-41(30)32/h1-8,11-15,17,28-30H,9-10,16,18-24H2,(H,37,44)(H,38,45)(H,39,43)(H,40,46)/t28-,29-,30-/m0/s1. The highest BCUT2D eigenvalue weighted by atomic mass is 16.5. The van der Waals surface area contributed by atoms with Gasteiger partial charge in [0, 0.05) is 26.1 Å². The second kappa shape index (κ2) is 16.4. The summed E-state index contributed by atoms with van der Waals surface area (Å²) in [5.41, 5.74) is 2.13. The van der Waals surface area contributed by atoms with Crippen LogP contribution in [-0.2, 0) is 32.0 Å². The number of ether oxygens (including phenoxy) is 1. The Morgan fingerprint density at radius 3 is 2.30 bits per heavy atom. The normalized spacial score (nSPS) is 21.1. The first-order valence-corrected chi connectivity index (χ1v) is 16.1. The molecule has 0 aliphatic carbocycles. The fraction of sp³-hybridized carbons (Fsp3) is 0.361. The van der Waals surface area contributed by atoms with Gasteiger partial charge in [0.2, 0.25) is 23.6 Å². The predicted molar refractivity (Wildman–Crippen MR) is 175 cm³/mol. The summed E-state index contributed by atoms with van der Waals surface area (Å²) in [7, 11) is 0. The molecule has 5 amide bonds. The number of para-hydroxylation sites is 1. The van der Waals surface area contributed by atoms with Crippen molar-refractivity contribution in [3.63, 3.8) is 0 Å². The van der Waals surface area contributed by atoms with Crippen LogP contribution in [0.2, 0.25) is 0 Å². The van der Waals surface area contributed by atoms with Crippen molar-refractivity contribution in [2.24, 2.45) is 0 Å². The number of nitrogens with zero attached hydrogens (tertiary/aromatic N) is 1. The van der Waals surface area contributed by atoms with E-state index < -0.39 is 41.8 Å². The summed E-state index contributed by atoms with van der Waals surface area (Å²) in [6.07, 6.45) is 1.96. The summed E-state index contributed by atoms with van der Waals surface area (Å²) in [5, 5.41) is 11.4. The number of carbonyl (C=O) groups excluding carboxylic acids is 5. The molecule has 0 saturated carbocycles. The van der Waals surface area contributed by atoms with E-state index in [1.165, 1.54) is 4.90 Å². The Kier molecular flexibility index (Phi) is 11.6. The Balaban J connectivity index is 1.38. The Morgan fingerprint density at radius 2 is 1.53 bits per heavy atom. The van der Waals surface area contributed by atoms with E-state index in [2.05, 4.69) is 21.3 Å². The van der Waals surface area contributed by atoms with Gasteiger partial charge >= 0.3 is 0 Å². The molecule has 3 aromatic carbocycles. The third-order valence-electron chi connectivity index (χ3n) is 8.36. The van der Waals surface area contributed by atoms with Gasteiger partial charge in [-0.05, 0) is 48.9 Å². The van der Waals surface area contributed by atoms with Gasteiger partial charge in [-0.3, -0.25) is 24.0 Å². The average Bonchev–Trinajstić information content (AvgIpc) is 3.59. The zero-order valence-electron chi connectivity index (χ0n) is 26.3. The maximum Gasteiger partial charge on any atom is 0.255 e. The molecule has 0 unspecified atom stereocenters. The zero-order valence-corrected chi connectivity index (χ0v) is 26.3. The van der Waals surface area contributed by atoms with E-state index >= 15 is 0 Å². The van der Waals surface area contributed by atoms with Crippen LogP contribution >= 0.6 is 0 Å². The molecule has 2 aliphatic rings. The van der Waals surface area contributed by atoms with Crippen molar-refractivity contribution < 1.29 is 28.7 Å². The van der Waals surface area contributed by atoms with Crippen molar-refractivity contribution >= 4 is 29.5 Å². The van der Waals surface area contributed by atoms with E-state index in [1.54, 1.807) is 24.3 Å². The average molecular weight is 640 g/mol. The minimum Gasteiger partial charge on any atom is -0.493 e. The zero-order chi connectivity index (χ0) is 33.0. The summed E-state index contributed by atoms with van der Waals surface area (Å²) < 4.78 is 5.91. The number of benzene rings is 3. The van der Waals surface area contributed by atoms with Crippen molar-refractivity contribution in [2.45, 2.75) is 56.7 Å². The number of rotatable bonds is 6. The molecular formula is C36H41N5O6. The van der Waals surface area contributed by atoms with E-state index in [9.17, 15) is 24.0 Å². The molecule has 2 heterocycles. The molecule has 11 heteroatoms. The largest absolute Gasteiger partial charge is 0.493 e. The van der Waals surface area contributed by atoms with Crippen molar-refractivity contribution in [1.29, 1.82) is 0 Å². The summed E-state index contributed by atoms with van der Waals surface area (Å²) in [6, 6.07) is 22.9. The summed E-state index contributed by atoms with van der Waals surface area (Å²) in [4.78, 5) is 69.1. The molecule has 0 radical (unpaired) electrons. The molecule has 0 aromatic heterocycles. The smallest absolute Gasteiger partial charge is 0.255 e. The molecule has 2 aliphatic heterocycles. The third kappa shape index (κ3) is 9.18. The number of amides is 5. The highest BCUT2D eigenvalue weighted by Crippen LogP contribution is 2.21. The lowest BCUT2D eigenvalue weighted by Gasteiger charge is -2.28. The number of hydrogen-bond acceptors (Lipinski definition) is 6. The molecule has 11 nitrogen and oxygen atoms in total. The highest BCUT2D eigenvalue weighted by Gasteiger charge is 2.38. The van der Waals surface area contributed by atoms with E-state index in [4.69, 9.17) is 4.74 Å². The SMILES string of the molecule is O=C1N[C@H](C(=O)NCCc2ccccc2)CC(=O)N2CCC[C@H]2C(=O)N[C@@H](Cc2ccccc2)C(=O)NCCCOc2ccccc21. The van der Waals surface area contributed by atoms with E-state index in [0.717, 1.165) is 11.1 Å². The fourth-order valence-corrected chi connectivity index (χ4v) is 5.87. The van der Waals surface area contributed by atoms with Crippen molar-refractivity contribution in [3.05, 3.63) is 102 Å². The molecular weight excluding hydrogens is 598 g/mol. The maximum atomic E-state index is 13.7. The lowest BCUT2D eigenvalue weighted by Crippen LogP contribution is -2.55. The minimum absolute atomic E-state index is 0.208. The lowest BCUT2D eigenvalue weighted by molar-refractivity contribution is -0.140. The van der Waals surface area contributed by atoms with Crippen LogP contribution in [0.5, 0.6) is 5.75 Å². The summed E-state index contributed by atoms with van der Waals surface area (Å²) in [6.45, 7) is 1.12. The minimum atomic E-state index is -1.20. The van der Waals surface area contributed by atoms with Gasteiger partial charge in [-0.25, -0.2) is 0 Å². The van der Waals surface area contributed by atoms with Crippen molar-refractivity contribution in [2.75, 3.05) is 26.2 Å². The predicted octanol–water partition coefficient (Wildman–Crippen LogP) is 2.15. The molecule has 3 aromatic rings. The Labute approximate surface area is 274 Å². The van der Waals surface area contributed by atoms with E-state index in [0.29, 0.717) is 44.5 Å². The van der Waals surface area contributed by atoms with Gasteiger partial charge in [0.15, 0.2) is 0 Å². The van der Waals surface area contributed by atoms with Gasteiger partial charge < -0.3 is 30.9 Å². The molecule has 0 spiro atoms. The Hall–Kier alpha value is -5.19. The van der Waals surface area contributed by atoms with Crippen LogP contribution in [0.4, 0.5) is 0 Å². The first-order chi connectivity index (χ1) is 22.9. The molecule has 47 heavy (non-hydrogen) atoms. The quantitative estimate of drug-likeness (QED) is 0.325. The first-order valence-electron chi connectivity index (χ1n) is 16.1. The topological polar surface area (TPSA) is 146 Å². The Bertz CT molecular complexity index is 1550.